The van der Waals surface area contributed by atoms with E-state index in [1.807, 2.05) is 89.0 Å². The first-order chi connectivity index (χ1) is 53.9. The Morgan fingerprint density at radius 3 is 1.82 bits per heavy atom. The Labute approximate surface area is 636 Å². The number of aromatic amines is 3. The van der Waals surface area contributed by atoms with Crippen LogP contribution in [0, 0.1) is 12.3 Å². The zero-order valence-corrected chi connectivity index (χ0v) is 62.8. The number of carbonyl (C=O) groups is 3. The van der Waals surface area contributed by atoms with Gasteiger partial charge in [0.2, 0.25) is 29.5 Å². The molecule has 2 aliphatic rings. The van der Waals surface area contributed by atoms with Gasteiger partial charge in [0.1, 0.15) is 69.3 Å². The molecular weight excluding hydrogens is 1420 g/mol. The van der Waals surface area contributed by atoms with Crippen molar-refractivity contribution in [2.75, 3.05) is 72.4 Å². The van der Waals surface area contributed by atoms with Crippen LogP contribution in [0.4, 0.5) is 23.3 Å². The number of aliphatic hydroxyl groups is 1. The molecule has 111 heavy (non-hydrogen) atoms. The molecule has 9 aromatic heterocycles. The van der Waals surface area contributed by atoms with Gasteiger partial charge in [0, 0.05) is 129 Å². The second kappa shape index (κ2) is 34.3. The third-order valence-electron chi connectivity index (χ3n) is 18.8. The molecule has 1 aliphatic heterocycles. The Bertz CT molecular complexity index is 5540. The Hall–Kier alpha value is -13.2. The summed E-state index contributed by atoms with van der Waals surface area (Å²) in [5.74, 6) is 3.98. The maximum atomic E-state index is 12.2. The number of aromatic nitrogens is 13. The number of fused-ring (bicyclic) bond motifs is 4. The number of anilines is 4. The van der Waals surface area contributed by atoms with Crippen LogP contribution in [-0.4, -0.2) is 173 Å². The third kappa shape index (κ3) is 17.4. The lowest BCUT2D eigenvalue weighted by Gasteiger charge is -2.23. The number of methoxy groups -OCH3 is 3. The van der Waals surface area contributed by atoms with Crippen molar-refractivity contribution in [3.63, 3.8) is 0 Å². The van der Waals surface area contributed by atoms with Crippen LogP contribution >= 0.6 is 0 Å². The highest BCUT2D eigenvalue weighted by Gasteiger charge is 2.27. The number of amides is 3. The van der Waals surface area contributed by atoms with Crippen molar-refractivity contribution in [1.29, 1.82) is 5.41 Å². The Morgan fingerprint density at radius 1 is 0.658 bits per heavy atom. The number of nitrogens with one attached hydrogen (secondary N) is 9. The van der Waals surface area contributed by atoms with Crippen LogP contribution in [0.1, 0.15) is 113 Å². The van der Waals surface area contributed by atoms with Gasteiger partial charge >= 0.3 is 0 Å². The summed E-state index contributed by atoms with van der Waals surface area (Å²) in [6.07, 6.45) is 18.0. The SMILES string of the molecule is CC[C@H](C)Oc1nc(Nc2ccc(C(=O)NCCO)cc2OC)nc2[nH]cc(-c3cnn(C)c3)c12.CNC(=O)c1ccc(Nc2nc(OC3CCOCC3)c3c(-c4ccnc(C(=O)NC)c4)c[nH]c3n2)c(OC)c1.COc1cc(C(=N)N)ccc1Cc1nc(OC2CCCC2)c2c(-c3ccc4nc(C)oc4c3)c[nH]c2n1. The number of carbonyl (C=O) groups excluding carboxylic acids is 3. The highest BCUT2D eigenvalue weighted by Crippen LogP contribution is 2.41. The minimum Gasteiger partial charge on any atom is -0.496 e. The van der Waals surface area contributed by atoms with Gasteiger partial charge < -0.3 is 90.0 Å². The molecule has 10 heterocycles. The van der Waals surface area contributed by atoms with Crippen molar-refractivity contribution in [1.82, 2.24) is 80.6 Å². The molecule has 0 unspecified atom stereocenters. The molecule has 0 radical (unpaired) electrons. The van der Waals surface area contributed by atoms with Crippen molar-refractivity contribution in [2.24, 2.45) is 12.8 Å². The van der Waals surface area contributed by atoms with E-state index in [9.17, 15) is 14.4 Å². The Kier molecular flexibility index (Phi) is 23.5. The number of H-pyrrole nitrogens is 3. The van der Waals surface area contributed by atoms with E-state index >= 15 is 0 Å². The molecule has 3 amide bonds. The number of nitrogens with two attached hydrogens (primary N) is 1. The number of aryl methyl sites for hydroxylation is 2. The van der Waals surface area contributed by atoms with E-state index in [1.54, 1.807) is 86.8 Å². The molecule has 1 atom stereocenters. The fourth-order valence-electron chi connectivity index (χ4n) is 12.9. The predicted octanol–water partition coefficient (Wildman–Crippen LogP) is 11.3. The lowest BCUT2D eigenvalue weighted by atomic mass is 10.0. The highest BCUT2D eigenvalue weighted by atomic mass is 16.5. The van der Waals surface area contributed by atoms with Crippen molar-refractivity contribution in [2.45, 2.75) is 90.4 Å². The number of rotatable bonds is 25. The Morgan fingerprint density at radius 2 is 1.23 bits per heavy atom. The summed E-state index contributed by atoms with van der Waals surface area (Å²) in [7, 11) is 9.64. The van der Waals surface area contributed by atoms with Gasteiger partial charge in [-0.3, -0.25) is 29.5 Å². The van der Waals surface area contributed by atoms with E-state index in [-0.39, 0.29) is 61.0 Å². The van der Waals surface area contributed by atoms with Gasteiger partial charge in [-0.1, -0.05) is 25.1 Å². The first-order valence-corrected chi connectivity index (χ1v) is 36.2. The van der Waals surface area contributed by atoms with Crippen LogP contribution < -0.4 is 60.7 Å². The summed E-state index contributed by atoms with van der Waals surface area (Å²) >= 11 is 0. The van der Waals surface area contributed by atoms with Crippen LogP contribution in [0.5, 0.6) is 34.9 Å². The van der Waals surface area contributed by atoms with Crippen LogP contribution in [0.2, 0.25) is 0 Å². The normalized spacial score (nSPS) is 13.2. The predicted molar refractivity (Wildman–Crippen MR) is 418 cm³/mol. The number of hydrogen-bond acceptors (Lipinski definition) is 24. The molecule has 0 spiro atoms. The average molecular weight is 1510 g/mol. The van der Waals surface area contributed by atoms with Gasteiger partial charge in [0.15, 0.2) is 11.5 Å². The third-order valence-corrected chi connectivity index (χ3v) is 18.8. The molecule has 13 aromatic rings. The van der Waals surface area contributed by atoms with Gasteiger partial charge in [-0.15, -0.1) is 0 Å². The average Bonchev–Trinajstić information content (AvgIpc) is 1.64. The molecule has 15 rings (SSSR count). The maximum Gasteiger partial charge on any atom is 0.269 e. The van der Waals surface area contributed by atoms with Crippen LogP contribution in [-0.2, 0) is 18.2 Å². The first-order valence-electron chi connectivity index (χ1n) is 36.2. The van der Waals surface area contributed by atoms with Gasteiger partial charge in [-0.05, 0) is 117 Å². The molecular formula is C79H86N20O12. The van der Waals surface area contributed by atoms with E-state index in [2.05, 4.69) is 71.6 Å². The second-order valence-corrected chi connectivity index (χ2v) is 26.3. The quantitative estimate of drug-likeness (QED) is 0.0187. The number of amidine groups is 1. The van der Waals surface area contributed by atoms with Crippen molar-refractivity contribution in [3.8, 4) is 68.3 Å². The molecule has 12 N–H and O–H groups in total. The fourth-order valence-corrected chi connectivity index (χ4v) is 12.9. The topological polar surface area (TPSA) is 428 Å². The number of pyridine rings is 1. The standard InChI is InChI=1S/C28H28N6O3.C27H29N7O5.C24H29N7O4/c1-15-32-21-10-9-16(11-23(21)36-15)20-14-31-27-25(20)28(37-19-5-3-4-6-19)34-24(33-27)13-17-7-8-18(26(29)30)12-22(17)35-2;1-28-24(35)16-4-5-19(21(13-16)37-3)32-27-33-23-22(26(34-27)39-17-7-10-38-11-8-17)18(14-31-23)15-6-9-30-20(12-15)25(36)29-2;1-5-14(2)35-23-20-17(16-11-27-31(3)13-16)12-26-21(20)29-24(30-23)28-18-7-6-15(10-19(18)34-4)22(33)25-8-9-32/h7-12,14,19H,3-6,13H2,1-2H3,(H3,29,30)(H,31,33,34);4-6,9,12-14,17H,7-8,10-11H2,1-3H3,(H,28,35)(H,29,36)(H2,31,32,33,34);6-7,10-14,32H,5,8-9H2,1-4H3,(H,25,33)(H2,26,28,29,30)/t;;14-/m..0/s1. The summed E-state index contributed by atoms with van der Waals surface area (Å²) in [5.41, 5.74) is 18.2. The molecule has 0 bridgehead atoms. The van der Waals surface area contributed by atoms with E-state index < -0.39 is 0 Å². The summed E-state index contributed by atoms with van der Waals surface area (Å²) in [6.45, 7) is 7.13. The van der Waals surface area contributed by atoms with Crippen molar-refractivity contribution < 1.29 is 57.1 Å². The molecule has 4 aromatic carbocycles. The van der Waals surface area contributed by atoms with Gasteiger partial charge in [0.05, 0.1) is 81.0 Å². The zero-order valence-electron chi connectivity index (χ0n) is 62.8. The summed E-state index contributed by atoms with van der Waals surface area (Å²) in [4.78, 5) is 83.3. The molecule has 32 nitrogen and oxygen atoms in total. The van der Waals surface area contributed by atoms with Crippen LogP contribution in [0.25, 0.3) is 77.6 Å². The highest BCUT2D eigenvalue weighted by molar-refractivity contribution is 6.02. The van der Waals surface area contributed by atoms with Crippen LogP contribution in [0.15, 0.2) is 127 Å². The number of nitrogen functional groups attached to an aromatic ring is 1. The van der Waals surface area contributed by atoms with Crippen LogP contribution in [0.3, 0.4) is 0 Å². The molecule has 1 aliphatic carbocycles. The summed E-state index contributed by atoms with van der Waals surface area (Å²) < 4.78 is 48.7. The molecule has 1 saturated carbocycles. The summed E-state index contributed by atoms with van der Waals surface area (Å²) in [5, 5.41) is 37.4. The number of nitrogens with zero attached hydrogens (tertiary/aromatic N) is 10. The lowest BCUT2D eigenvalue weighted by Crippen LogP contribution is -2.26. The number of aliphatic hydroxyl groups excluding tert-OH is 1. The van der Waals surface area contributed by atoms with Crippen molar-refractivity contribution in [3.05, 3.63) is 162 Å². The number of benzene rings is 4. The van der Waals surface area contributed by atoms with Gasteiger partial charge in [-0.25, -0.2) is 9.97 Å². The number of hydrogen-bond donors (Lipinski definition) is 11. The van der Waals surface area contributed by atoms with Gasteiger partial charge in [0.25, 0.3) is 17.7 Å². The van der Waals surface area contributed by atoms with Crippen molar-refractivity contribution >= 4 is 91.0 Å². The monoisotopic (exact) mass is 1510 g/mol. The first kappa shape index (κ1) is 76.0. The fraction of sp³-hybridized carbons (Fsp3) is 0.304. The van der Waals surface area contributed by atoms with E-state index in [0.29, 0.717) is 128 Å². The minimum absolute atomic E-state index is 0.00707. The van der Waals surface area contributed by atoms with E-state index in [0.717, 1.165) is 106 Å². The summed E-state index contributed by atoms with van der Waals surface area (Å²) in [6, 6.07) is 25.0. The number of oxazole rings is 1. The van der Waals surface area contributed by atoms with Gasteiger partial charge in [-0.2, -0.15) is 30.0 Å². The number of ether oxygens (including phenoxy) is 7. The lowest BCUT2D eigenvalue weighted by molar-refractivity contribution is 0.0244. The minimum atomic E-state index is -0.305. The molecule has 32 heteroatoms. The zero-order chi connectivity index (χ0) is 77.8. The van der Waals surface area contributed by atoms with E-state index in [1.165, 1.54) is 14.2 Å². The molecule has 2 fully saturated rings. The second-order valence-electron chi connectivity index (χ2n) is 26.3. The van der Waals surface area contributed by atoms with E-state index in [4.69, 9.17) is 68.8 Å². The molecule has 574 valence electrons. The largest absolute Gasteiger partial charge is 0.496 e. The smallest absolute Gasteiger partial charge is 0.269 e. The molecule has 1 saturated heterocycles. The Balaban J connectivity index is 0.000000146. The maximum absolute atomic E-state index is 12.2.